The molecule has 2 heterocycles. The molecule has 3 heteroatoms. The fourth-order valence-corrected chi connectivity index (χ4v) is 2.14. The SMILES string of the molecule is OC1(c2ccc3cccnc3c2)CCOC1. The quantitative estimate of drug-likeness (QED) is 0.789. The van der Waals surface area contributed by atoms with Gasteiger partial charge >= 0.3 is 0 Å². The van der Waals surface area contributed by atoms with Gasteiger partial charge in [-0.3, -0.25) is 4.98 Å². The summed E-state index contributed by atoms with van der Waals surface area (Å²) in [6, 6.07) is 9.83. The largest absolute Gasteiger partial charge is 0.383 e. The van der Waals surface area contributed by atoms with Crippen molar-refractivity contribution in [2.24, 2.45) is 0 Å². The molecule has 1 unspecified atom stereocenters. The van der Waals surface area contributed by atoms with E-state index >= 15 is 0 Å². The molecule has 16 heavy (non-hydrogen) atoms. The summed E-state index contributed by atoms with van der Waals surface area (Å²) in [4.78, 5) is 4.29. The van der Waals surface area contributed by atoms with Crippen LogP contribution >= 0.6 is 0 Å². The maximum absolute atomic E-state index is 10.4. The lowest BCUT2D eigenvalue weighted by Crippen LogP contribution is -2.25. The van der Waals surface area contributed by atoms with Crippen LogP contribution in [0.25, 0.3) is 10.9 Å². The predicted octanol–water partition coefficient (Wildman–Crippen LogP) is 1.84. The highest BCUT2D eigenvalue weighted by molar-refractivity contribution is 5.79. The summed E-state index contributed by atoms with van der Waals surface area (Å²) in [6.45, 7) is 1.00. The van der Waals surface area contributed by atoms with Crippen molar-refractivity contribution in [1.82, 2.24) is 4.98 Å². The monoisotopic (exact) mass is 215 g/mol. The van der Waals surface area contributed by atoms with Gasteiger partial charge in [-0.2, -0.15) is 0 Å². The van der Waals surface area contributed by atoms with Crippen molar-refractivity contribution < 1.29 is 9.84 Å². The molecule has 2 aromatic rings. The number of aromatic nitrogens is 1. The Bertz CT molecular complexity index is 518. The van der Waals surface area contributed by atoms with Crippen molar-refractivity contribution in [1.29, 1.82) is 0 Å². The third-order valence-electron chi connectivity index (χ3n) is 3.14. The molecule has 1 aromatic heterocycles. The first-order valence-electron chi connectivity index (χ1n) is 5.43. The number of hydrogen-bond donors (Lipinski definition) is 1. The topological polar surface area (TPSA) is 42.4 Å². The van der Waals surface area contributed by atoms with Crippen LogP contribution in [0.4, 0.5) is 0 Å². The van der Waals surface area contributed by atoms with Crippen LogP contribution in [0.2, 0.25) is 0 Å². The van der Waals surface area contributed by atoms with Crippen LogP contribution in [-0.4, -0.2) is 23.3 Å². The van der Waals surface area contributed by atoms with Crippen LogP contribution in [-0.2, 0) is 10.3 Å². The molecule has 1 saturated heterocycles. The lowest BCUT2D eigenvalue weighted by atomic mass is 9.92. The normalized spacial score (nSPS) is 25.1. The molecule has 0 radical (unpaired) electrons. The molecule has 1 aliphatic rings. The zero-order valence-corrected chi connectivity index (χ0v) is 8.89. The number of hydrogen-bond acceptors (Lipinski definition) is 3. The Hall–Kier alpha value is -1.45. The molecule has 3 nitrogen and oxygen atoms in total. The first kappa shape index (κ1) is 9.75. The summed E-state index contributed by atoms with van der Waals surface area (Å²) in [6.07, 6.45) is 2.42. The van der Waals surface area contributed by atoms with Crippen molar-refractivity contribution in [3.05, 3.63) is 42.1 Å². The molecule has 1 atom stereocenters. The van der Waals surface area contributed by atoms with Gasteiger partial charge in [0, 0.05) is 24.6 Å². The number of ether oxygens (including phenoxy) is 1. The highest BCUT2D eigenvalue weighted by Gasteiger charge is 2.34. The Morgan fingerprint density at radius 2 is 2.25 bits per heavy atom. The van der Waals surface area contributed by atoms with Crippen molar-refractivity contribution >= 4 is 10.9 Å². The van der Waals surface area contributed by atoms with Crippen molar-refractivity contribution in [2.75, 3.05) is 13.2 Å². The van der Waals surface area contributed by atoms with Gasteiger partial charge < -0.3 is 9.84 Å². The minimum Gasteiger partial charge on any atom is -0.383 e. The summed E-state index contributed by atoms with van der Waals surface area (Å²) in [5, 5.41) is 11.5. The molecule has 0 spiro atoms. The molecule has 3 rings (SSSR count). The third-order valence-corrected chi connectivity index (χ3v) is 3.14. The van der Waals surface area contributed by atoms with Crippen molar-refractivity contribution in [3.63, 3.8) is 0 Å². The highest BCUT2D eigenvalue weighted by Crippen LogP contribution is 2.31. The summed E-state index contributed by atoms with van der Waals surface area (Å²) in [7, 11) is 0. The van der Waals surface area contributed by atoms with Crippen LogP contribution in [0.5, 0.6) is 0 Å². The molecule has 1 fully saturated rings. The van der Waals surface area contributed by atoms with Gasteiger partial charge in [-0.05, 0) is 17.7 Å². The Kier molecular flexibility index (Phi) is 2.16. The van der Waals surface area contributed by atoms with Gasteiger partial charge in [-0.15, -0.1) is 0 Å². The Morgan fingerprint density at radius 1 is 1.31 bits per heavy atom. The average Bonchev–Trinajstić information content (AvgIpc) is 2.77. The molecule has 0 amide bonds. The number of pyridine rings is 1. The maximum atomic E-state index is 10.4. The highest BCUT2D eigenvalue weighted by atomic mass is 16.5. The summed E-state index contributed by atoms with van der Waals surface area (Å²) < 4.78 is 5.26. The van der Waals surface area contributed by atoms with Crippen LogP contribution in [0.1, 0.15) is 12.0 Å². The smallest absolute Gasteiger partial charge is 0.115 e. The van der Waals surface area contributed by atoms with Gasteiger partial charge in [0.05, 0.1) is 12.1 Å². The molecule has 0 bridgehead atoms. The molecule has 0 aliphatic carbocycles. The number of benzene rings is 1. The minimum absolute atomic E-state index is 0.380. The van der Waals surface area contributed by atoms with Gasteiger partial charge in [0.1, 0.15) is 5.60 Å². The van der Waals surface area contributed by atoms with E-state index in [-0.39, 0.29) is 0 Å². The standard InChI is InChI=1S/C13H13NO2/c15-13(5-7-16-9-13)11-4-3-10-2-1-6-14-12(10)8-11/h1-4,6,8,15H,5,7,9H2. The Labute approximate surface area is 93.7 Å². The lowest BCUT2D eigenvalue weighted by molar-refractivity contribution is 0.0233. The van der Waals surface area contributed by atoms with Gasteiger partial charge in [0.15, 0.2) is 0 Å². The molecule has 1 aliphatic heterocycles. The molecular weight excluding hydrogens is 202 g/mol. The number of fused-ring (bicyclic) bond motifs is 1. The third kappa shape index (κ3) is 1.49. The van der Waals surface area contributed by atoms with E-state index in [4.69, 9.17) is 4.74 Å². The van der Waals surface area contributed by atoms with E-state index in [1.807, 2.05) is 30.3 Å². The maximum Gasteiger partial charge on any atom is 0.115 e. The summed E-state index contributed by atoms with van der Waals surface area (Å²) >= 11 is 0. The van der Waals surface area contributed by atoms with Crippen LogP contribution < -0.4 is 0 Å². The Balaban J connectivity index is 2.11. The number of rotatable bonds is 1. The second-order valence-electron chi connectivity index (χ2n) is 4.25. The molecular formula is C13H13NO2. The van der Waals surface area contributed by atoms with Gasteiger partial charge in [0.25, 0.3) is 0 Å². The lowest BCUT2D eigenvalue weighted by Gasteiger charge is -2.20. The molecule has 1 aromatic carbocycles. The van der Waals surface area contributed by atoms with Crippen molar-refractivity contribution in [3.8, 4) is 0 Å². The summed E-state index contributed by atoms with van der Waals surface area (Å²) in [5.41, 5.74) is 0.989. The van der Waals surface area contributed by atoms with E-state index in [9.17, 15) is 5.11 Å². The fourth-order valence-electron chi connectivity index (χ4n) is 2.14. The average molecular weight is 215 g/mol. The fraction of sp³-hybridized carbons (Fsp3) is 0.308. The molecule has 0 saturated carbocycles. The van der Waals surface area contributed by atoms with Crippen LogP contribution in [0, 0.1) is 0 Å². The second kappa shape index (κ2) is 3.54. The van der Waals surface area contributed by atoms with Gasteiger partial charge in [0.2, 0.25) is 0 Å². The van der Waals surface area contributed by atoms with E-state index in [2.05, 4.69) is 4.98 Å². The van der Waals surface area contributed by atoms with Crippen LogP contribution in [0.3, 0.4) is 0 Å². The van der Waals surface area contributed by atoms with E-state index < -0.39 is 5.60 Å². The first-order valence-corrected chi connectivity index (χ1v) is 5.43. The second-order valence-corrected chi connectivity index (χ2v) is 4.25. The van der Waals surface area contributed by atoms with E-state index in [0.29, 0.717) is 19.6 Å². The zero-order valence-electron chi connectivity index (χ0n) is 8.89. The van der Waals surface area contributed by atoms with E-state index in [1.54, 1.807) is 6.20 Å². The predicted molar refractivity (Wildman–Crippen MR) is 61.1 cm³/mol. The van der Waals surface area contributed by atoms with Gasteiger partial charge in [-0.1, -0.05) is 18.2 Å². The van der Waals surface area contributed by atoms with E-state index in [1.165, 1.54) is 0 Å². The first-order chi connectivity index (χ1) is 7.78. The molecule has 1 N–H and O–H groups in total. The molecule has 82 valence electrons. The Morgan fingerprint density at radius 3 is 3.06 bits per heavy atom. The summed E-state index contributed by atoms with van der Waals surface area (Å²) in [5.74, 6) is 0. The van der Waals surface area contributed by atoms with Gasteiger partial charge in [-0.25, -0.2) is 0 Å². The van der Waals surface area contributed by atoms with Crippen molar-refractivity contribution in [2.45, 2.75) is 12.0 Å². The van der Waals surface area contributed by atoms with E-state index in [0.717, 1.165) is 16.5 Å². The number of aliphatic hydroxyl groups is 1. The minimum atomic E-state index is -0.828. The van der Waals surface area contributed by atoms with Crippen LogP contribution in [0.15, 0.2) is 36.5 Å². The number of nitrogens with zero attached hydrogens (tertiary/aromatic N) is 1. The zero-order chi connectivity index (χ0) is 11.0.